The summed E-state index contributed by atoms with van der Waals surface area (Å²) in [5.41, 5.74) is 7.37. The van der Waals surface area contributed by atoms with E-state index < -0.39 is 5.97 Å². The van der Waals surface area contributed by atoms with Crippen LogP contribution in [0.1, 0.15) is 31.2 Å². The lowest BCUT2D eigenvalue weighted by Gasteiger charge is -2.05. The molecule has 0 spiro atoms. The number of carbonyl (C=O) groups is 2. The minimum Gasteiger partial charge on any atom is -0.481 e. The van der Waals surface area contributed by atoms with Gasteiger partial charge in [-0.25, -0.2) is 0 Å². The minimum absolute atomic E-state index is 0.00727. The molecule has 1 aromatic carbocycles. The van der Waals surface area contributed by atoms with Crippen LogP contribution < -0.4 is 11.1 Å². The maximum atomic E-state index is 11.5. The summed E-state index contributed by atoms with van der Waals surface area (Å²) in [6, 6.07) is 7.46. The highest BCUT2D eigenvalue weighted by Crippen LogP contribution is 2.07. The first-order valence-electron chi connectivity index (χ1n) is 6.41. The van der Waals surface area contributed by atoms with Gasteiger partial charge in [-0.05, 0) is 37.0 Å². The average molecular weight is 264 g/mol. The van der Waals surface area contributed by atoms with E-state index in [1.165, 1.54) is 0 Å². The number of amides is 1. The van der Waals surface area contributed by atoms with Crippen molar-refractivity contribution in [1.29, 1.82) is 0 Å². The molecule has 5 nitrogen and oxygen atoms in total. The number of nitrogens with two attached hydrogens (primary N) is 1. The van der Waals surface area contributed by atoms with Crippen LogP contribution in [0.25, 0.3) is 0 Å². The van der Waals surface area contributed by atoms with Crippen LogP contribution in [0.3, 0.4) is 0 Å². The molecule has 0 aliphatic rings. The summed E-state index contributed by atoms with van der Waals surface area (Å²) in [7, 11) is 0. The molecule has 1 amide bonds. The molecule has 1 rings (SSSR count). The second-order valence-corrected chi connectivity index (χ2v) is 4.44. The van der Waals surface area contributed by atoms with Gasteiger partial charge in [0.05, 0.1) is 0 Å². The Bertz CT molecular complexity index is 415. The summed E-state index contributed by atoms with van der Waals surface area (Å²) in [6.45, 7) is 0.536. The Morgan fingerprint density at radius 3 is 2.42 bits per heavy atom. The van der Waals surface area contributed by atoms with Crippen LogP contribution in [-0.4, -0.2) is 23.5 Å². The third kappa shape index (κ3) is 7.08. The second-order valence-electron chi connectivity index (χ2n) is 4.44. The number of hydrogen-bond acceptors (Lipinski definition) is 3. The van der Waals surface area contributed by atoms with Gasteiger partial charge in [-0.1, -0.05) is 12.1 Å². The molecule has 104 valence electrons. The zero-order chi connectivity index (χ0) is 14.1. The van der Waals surface area contributed by atoms with Gasteiger partial charge in [-0.15, -0.1) is 0 Å². The number of anilines is 1. The predicted octanol–water partition coefficient (Wildman–Crippen LogP) is 1.57. The van der Waals surface area contributed by atoms with E-state index in [9.17, 15) is 9.59 Å². The molecule has 0 atom stereocenters. The molecule has 0 radical (unpaired) electrons. The van der Waals surface area contributed by atoms with Gasteiger partial charge >= 0.3 is 5.97 Å². The van der Waals surface area contributed by atoms with Gasteiger partial charge in [0.15, 0.2) is 0 Å². The first-order chi connectivity index (χ1) is 9.08. The summed E-state index contributed by atoms with van der Waals surface area (Å²) in [5.74, 6) is -0.804. The van der Waals surface area contributed by atoms with E-state index in [0.717, 1.165) is 5.56 Å². The number of rotatable bonds is 8. The van der Waals surface area contributed by atoms with Crippen molar-refractivity contribution < 1.29 is 14.7 Å². The number of unbranched alkanes of at least 4 members (excludes halogenated alkanes) is 1. The largest absolute Gasteiger partial charge is 0.481 e. The molecule has 1 aromatic rings. The minimum atomic E-state index is -0.797. The zero-order valence-corrected chi connectivity index (χ0v) is 10.9. The molecule has 0 saturated heterocycles. The lowest BCUT2D eigenvalue weighted by molar-refractivity contribution is -0.137. The number of carbonyl (C=O) groups excluding carboxylic acids is 1. The van der Waals surface area contributed by atoms with Crippen molar-refractivity contribution in [2.45, 2.75) is 32.1 Å². The Labute approximate surface area is 112 Å². The van der Waals surface area contributed by atoms with Gasteiger partial charge in [0, 0.05) is 25.1 Å². The van der Waals surface area contributed by atoms with E-state index in [-0.39, 0.29) is 12.3 Å². The number of aryl methyl sites for hydroxylation is 1. The van der Waals surface area contributed by atoms with Gasteiger partial charge in [-0.2, -0.15) is 0 Å². The molecule has 0 heterocycles. The number of carboxylic acids is 1. The van der Waals surface area contributed by atoms with Gasteiger partial charge in [0.2, 0.25) is 5.91 Å². The molecule has 0 aliphatic carbocycles. The lowest BCUT2D eigenvalue weighted by atomic mass is 10.1. The quantitative estimate of drug-likeness (QED) is 0.491. The van der Waals surface area contributed by atoms with Crippen LogP contribution in [0.15, 0.2) is 24.3 Å². The lowest BCUT2D eigenvalue weighted by Crippen LogP contribution is -2.24. The Morgan fingerprint density at radius 2 is 1.79 bits per heavy atom. The first-order valence-corrected chi connectivity index (χ1v) is 6.41. The molecule has 19 heavy (non-hydrogen) atoms. The van der Waals surface area contributed by atoms with E-state index >= 15 is 0 Å². The highest BCUT2D eigenvalue weighted by Gasteiger charge is 2.02. The van der Waals surface area contributed by atoms with Crippen molar-refractivity contribution in [3.8, 4) is 0 Å². The maximum absolute atomic E-state index is 11.5. The van der Waals surface area contributed by atoms with Gasteiger partial charge in [0.25, 0.3) is 0 Å². The summed E-state index contributed by atoms with van der Waals surface area (Å²) < 4.78 is 0. The molecule has 0 saturated carbocycles. The third-order valence-corrected chi connectivity index (χ3v) is 2.76. The number of nitrogen functional groups attached to an aromatic ring is 1. The Hall–Kier alpha value is -2.04. The smallest absolute Gasteiger partial charge is 0.303 e. The van der Waals surface area contributed by atoms with Crippen molar-refractivity contribution in [3.63, 3.8) is 0 Å². The third-order valence-electron chi connectivity index (χ3n) is 2.76. The van der Waals surface area contributed by atoms with E-state index in [0.29, 0.717) is 37.9 Å². The number of hydrogen-bond donors (Lipinski definition) is 3. The molecule has 0 bridgehead atoms. The van der Waals surface area contributed by atoms with Gasteiger partial charge < -0.3 is 16.2 Å². The zero-order valence-electron chi connectivity index (χ0n) is 10.9. The molecular formula is C14H20N2O3. The molecule has 0 aromatic heterocycles. The van der Waals surface area contributed by atoms with E-state index in [1.54, 1.807) is 0 Å². The summed E-state index contributed by atoms with van der Waals surface area (Å²) in [5, 5.41) is 11.2. The van der Waals surface area contributed by atoms with Crippen LogP contribution in [0.2, 0.25) is 0 Å². The second kappa shape index (κ2) is 8.13. The van der Waals surface area contributed by atoms with Gasteiger partial charge in [0.1, 0.15) is 0 Å². The Balaban J connectivity index is 2.11. The summed E-state index contributed by atoms with van der Waals surface area (Å²) in [4.78, 5) is 21.8. The monoisotopic (exact) mass is 264 g/mol. The summed E-state index contributed by atoms with van der Waals surface area (Å²) >= 11 is 0. The van der Waals surface area contributed by atoms with Crippen molar-refractivity contribution in [2.24, 2.45) is 0 Å². The molecule has 0 aliphatic heterocycles. The Kier molecular flexibility index (Phi) is 6.43. The number of nitrogens with one attached hydrogen (secondary N) is 1. The van der Waals surface area contributed by atoms with Gasteiger partial charge in [-0.3, -0.25) is 9.59 Å². The van der Waals surface area contributed by atoms with Crippen molar-refractivity contribution >= 4 is 17.6 Å². The van der Waals surface area contributed by atoms with Crippen LogP contribution in [0, 0.1) is 0 Å². The average Bonchev–Trinajstić information content (AvgIpc) is 2.37. The van der Waals surface area contributed by atoms with Crippen LogP contribution >= 0.6 is 0 Å². The fourth-order valence-electron chi connectivity index (χ4n) is 1.66. The standard InChI is InChI=1S/C14H20N2O3/c15-12-7-4-11(5-8-12)6-9-13(17)16-10-2-1-3-14(18)19/h4-5,7-8H,1-3,6,9-10,15H2,(H,16,17)(H,18,19). The molecule has 4 N–H and O–H groups in total. The van der Waals surface area contributed by atoms with E-state index in [4.69, 9.17) is 10.8 Å². The normalized spacial score (nSPS) is 10.1. The van der Waals surface area contributed by atoms with Crippen LogP contribution in [0.5, 0.6) is 0 Å². The topological polar surface area (TPSA) is 92.4 Å². The van der Waals surface area contributed by atoms with E-state index in [1.807, 2.05) is 24.3 Å². The number of aliphatic carboxylic acids is 1. The number of benzene rings is 1. The van der Waals surface area contributed by atoms with Crippen molar-refractivity contribution in [3.05, 3.63) is 29.8 Å². The SMILES string of the molecule is Nc1ccc(CCC(=O)NCCCCC(=O)O)cc1. The van der Waals surface area contributed by atoms with Crippen molar-refractivity contribution in [1.82, 2.24) is 5.32 Å². The first kappa shape index (κ1) is 15.0. The van der Waals surface area contributed by atoms with Crippen molar-refractivity contribution in [2.75, 3.05) is 12.3 Å². The Morgan fingerprint density at radius 1 is 1.11 bits per heavy atom. The predicted molar refractivity (Wildman–Crippen MR) is 73.7 cm³/mol. The highest BCUT2D eigenvalue weighted by molar-refractivity contribution is 5.76. The van der Waals surface area contributed by atoms with E-state index in [2.05, 4.69) is 5.32 Å². The highest BCUT2D eigenvalue weighted by atomic mass is 16.4. The maximum Gasteiger partial charge on any atom is 0.303 e. The molecule has 5 heteroatoms. The molecule has 0 fully saturated rings. The fourth-order valence-corrected chi connectivity index (χ4v) is 1.66. The fraction of sp³-hybridized carbons (Fsp3) is 0.429. The van der Waals surface area contributed by atoms with Crippen LogP contribution in [-0.2, 0) is 16.0 Å². The van der Waals surface area contributed by atoms with Crippen LogP contribution in [0.4, 0.5) is 5.69 Å². The number of carboxylic acid groups (broad SMARTS) is 1. The molecular weight excluding hydrogens is 244 g/mol. The summed E-state index contributed by atoms with van der Waals surface area (Å²) in [6.07, 6.45) is 2.55. The molecule has 0 unspecified atom stereocenters.